The largest absolute Gasteiger partial charge is 0.368 e. The number of anilines is 3. The SMILES string of the molecule is CNc1nc(N)nc(N2CCCCC2)n1. The summed E-state index contributed by atoms with van der Waals surface area (Å²) in [5.41, 5.74) is 5.61. The Morgan fingerprint density at radius 2 is 1.87 bits per heavy atom. The maximum atomic E-state index is 5.61. The minimum atomic E-state index is 0.273. The van der Waals surface area contributed by atoms with Crippen molar-refractivity contribution in [3.63, 3.8) is 0 Å². The number of hydrogen-bond acceptors (Lipinski definition) is 6. The molecular weight excluding hydrogens is 192 g/mol. The molecule has 0 radical (unpaired) electrons. The third-order valence-corrected chi connectivity index (χ3v) is 2.50. The van der Waals surface area contributed by atoms with E-state index in [2.05, 4.69) is 25.2 Å². The normalized spacial score (nSPS) is 16.5. The van der Waals surface area contributed by atoms with Crippen molar-refractivity contribution in [3.05, 3.63) is 0 Å². The zero-order valence-corrected chi connectivity index (χ0v) is 8.90. The van der Waals surface area contributed by atoms with E-state index in [9.17, 15) is 0 Å². The Balaban J connectivity index is 2.22. The summed E-state index contributed by atoms with van der Waals surface area (Å²) in [5, 5.41) is 2.88. The molecule has 0 atom stereocenters. The van der Waals surface area contributed by atoms with Crippen LogP contribution in [0.4, 0.5) is 17.8 Å². The lowest BCUT2D eigenvalue weighted by molar-refractivity contribution is 0.568. The Bertz CT molecular complexity index is 333. The number of piperidine rings is 1. The maximum Gasteiger partial charge on any atom is 0.231 e. The Morgan fingerprint density at radius 1 is 1.13 bits per heavy atom. The zero-order valence-electron chi connectivity index (χ0n) is 8.90. The molecule has 2 rings (SSSR count). The molecule has 6 nitrogen and oxygen atoms in total. The average molecular weight is 208 g/mol. The Hall–Kier alpha value is -1.59. The van der Waals surface area contributed by atoms with E-state index in [1.807, 2.05) is 0 Å². The van der Waals surface area contributed by atoms with Crippen LogP contribution in [-0.2, 0) is 0 Å². The third kappa shape index (κ3) is 2.26. The fraction of sp³-hybridized carbons (Fsp3) is 0.667. The number of nitrogens with two attached hydrogens (primary N) is 1. The van der Waals surface area contributed by atoms with Crippen LogP contribution >= 0.6 is 0 Å². The fourth-order valence-corrected chi connectivity index (χ4v) is 1.73. The van der Waals surface area contributed by atoms with E-state index in [0.29, 0.717) is 11.9 Å². The van der Waals surface area contributed by atoms with Gasteiger partial charge in [-0.2, -0.15) is 15.0 Å². The molecule has 1 aliphatic heterocycles. The van der Waals surface area contributed by atoms with E-state index in [4.69, 9.17) is 5.73 Å². The first-order valence-corrected chi connectivity index (χ1v) is 5.24. The van der Waals surface area contributed by atoms with Crippen LogP contribution in [0.3, 0.4) is 0 Å². The lowest BCUT2D eigenvalue weighted by Gasteiger charge is -2.26. The van der Waals surface area contributed by atoms with Gasteiger partial charge in [0.05, 0.1) is 0 Å². The van der Waals surface area contributed by atoms with Gasteiger partial charge in [-0.1, -0.05) is 0 Å². The van der Waals surface area contributed by atoms with Gasteiger partial charge in [-0.25, -0.2) is 0 Å². The molecule has 1 aromatic rings. The van der Waals surface area contributed by atoms with Gasteiger partial charge in [-0.15, -0.1) is 0 Å². The Labute approximate surface area is 88.9 Å². The summed E-state index contributed by atoms with van der Waals surface area (Å²) in [5.74, 6) is 1.49. The molecule has 1 saturated heterocycles. The van der Waals surface area contributed by atoms with E-state index in [1.54, 1.807) is 7.05 Å². The van der Waals surface area contributed by atoms with E-state index in [-0.39, 0.29) is 5.95 Å². The quantitative estimate of drug-likeness (QED) is 0.736. The molecule has 0 saturated carbocycles. The van der Waals surface area contributed by atoms with Gasteiger partial charge in [0.2, 0.25) is 17.8 Å². The minimum absolute atomic E-state index is 0.273. The molecule has 6 heteroatoms. The standard InChI is InChI=1S/C9H16N6/c1-11-8-12-7(10)13-9(14-8)15-5-3-2-4-6-15/h2-6H2,1H3,(H3,10,11,12,13,14). The highest BCUT2D eigenvalue weighted by Crippen LogP contribution is 2.17. The van der Waals surface area contributed by atoms with Crippen LogP contribution in [0.2, 0.25) is 0 Å². The van der Waals surface area contributed by atoms with Crippen LogP contribution in [0.1, 0.15) is 19.3 Å². The summed E-state index contributed by atoms with van der Waals surface area (Å²) in [6.45, 7) is 2.01. The van der Waals surface area contributed by atoms with Crippen LogP contribution in [0, 0.1) is 0 Å². The highest BCUT2D eigenvalue weighted by Gasteiger charge is 2.14. The molecule has 2 heterocycles. The molecule has 0 amide bonds. The molecule has 0 aromatic carbocycles. The van der Waals surface area contributed by atoms with Crippen molar-refractivity contribution in [2.75, 3.05) is 36.1 Å². The number of hydrogen-bond donors (Lipinski definition) is 2. The van der Waals surface area contributed by atoms with E-state index < -0.39 is 0 Å². The van der Waals surface area contributed by atoms with Gasteiger partial charge < -0.3 is 16.0 Å². The first-order valence-electron chi connectivity index (χ1n) is 5.24. The van der Waals surface area contributed by atoms with Gasteiger partial charge in [0.25, 0.3) is 0 Å². The molecule has 0 aliphatic carbocycles. The third-order valence-electron chi connectivity index (χ3n) is 2.50. The van der Waals surface area contributed by atoms with Crippen molar-refractivity contribution >= 4 is 17.8 Å². The van der Waals surface area contributed by atoms with Gasteiger partial charge in [0, 0.05) is 20.1 Å². The highest BCUT2D eigenvalue weighted by atomic mass is 15.3. The van der Waals surface area contributed by atoms with Crippen molar-refractivity contribution in [3.8, 4) is 0 Å². The summed E-state index contributed by atoms with van der Waals surface area (Å²) < 4.78 is 0. The summed E-state index contributed by atoms with van der Waals surface area (Å²) in [7, 11) is 1.77. The van der Waals surface area contributed by atoms with Gasteiger partial charge in [0.15, 0.2) is 0 Å². The summed E-state index contributed by atoms with van der Waals surface area (Å²) in [4.78, 5) is 14.6. The van der Waals surface area contributed by atoms with Crippen molar-refractivity contribution in [1.82, 2.24) is 15.0 Å². The van der Waals surface area contributed by atoms with Gasteiger partial charge in [-0.3, -0.25) is 0 Å². The minimum Gasteiger partial charge on any atom is -0.368 e. The zero-order chi connectivity index (χ0) is 10.7. The average Bonchev–Trinajstić information content (AvgIpc) is 2.29. The number of aromatic nitrogens is 3. The van der Waals surface area contributed by atoms with Crippen LogP contribution in [0.15, 0.2) is 0 Å². The van der Waals surface area contributed by atoms with Crippen LogP contribution in [0.5, 0.6) is 0 Å². The molecule has 82 valence electrons. The molecule has 0 bridgehead atoms. The second-order valence-electron chi connectivity index (χ2n) is 3.61. The molecule has 0 unspecified atom stereocenters. The van der Waals surface area contributed by atoms with Crippen LogP contribution in [-0.4, -0.2) is 35.1 Å². The summed E-state index contributed by atoms with van der Waals surface area (Å²) in [6.07, 6.45) is 3.68. The number of nitrogen functional groups attached to an aromatic ring is 1. The topological polar surface area (TPSA) is 80.0 Å². The predicted octanol–water partition coefficient (Wildman–Crippen LogP) is 0.486. The van der Waals surface area contributed by atoms with E-state index in [1.165, 1.54) is 19.3 Å². The first-order chi connectivity index (χ1) is 7.29. The molecule has 3 N–H and O–H groups in total. The van der Waals surface area contributed by atoms with Crippen molar-refractivity contribution in [2.24, 2.45) is 0 Å². The lowest BCUT2D eigenvalue weighted by atomic mass is 10.1. The highest BCUT2D eigenvalue weighted by molar-refractivity contribution is 5.41. The van der Waals surface area contributed by atoms with Crippen molar-refractivity contribution in [1.29, 1.82) is 0 Å². The summed E-state index contributed by atoms with van der Waals surface area (Å²) in [6, 6.07) is 0. The van der Waals surface area contributed by atoms with Crippen molar-refractivity contribution < 1.29 is 0 Å². The van der Waals surface area contributed by atoms with E-state index in [0.717, 1.165) is 13.1 Å². The predicted molar refractivity (Wildman–Crippen MR) is 59.9 cm³/mol. The molecule has 1 aromatic heterocycles. The number of nitrogens with zero attached hydrogens (tertiary/aromatic N) is 4. The van der Waals surface area contributed by atoms with Gasteiger partial charge in [-0.05, 0) is 19.3 Å². The lowest BCUT2D eigenvalue weighted by Crippen LogP contribution is -2.31. The monoisotopic (exact) mass is 208 g/mol. The number of nitrogens with one attached hydrogen (secondary N) is 1. The van der Waals surface area contributed by atoms with Gasteiger partial charge >= 0.3 is 0 Å². The molecular formula is C9H16N6. The number of rotatable bonds is 2. The molecule has 15 heavy (non-hydrogen) atoms. The van der Waals surface area contributed by atoms with Crippen LogP contribution in [0.25, 0.3) is 0 Å². The second kappa shape index (κ2) is 4.29. The molecule has 1 aliphatic rings. The smallest absolute Gasteiger partial charge is 0.231 e. The Kier molecular flexibility index (Phi) is 2.84. The van der Waals surface area contributed by atoms with Crippen molar-refractivity contribution in [2.45, 2.75) is 19.3 Å². The maximum absolute atomic E-state index is 5.61. The first kappa shape index (κ1) is 9.95. The second-order valence-corrected chi connectivity index (χ2v) is 3.61. The molecule has 0 spiro atoms. The van der Waals surface area contributed by atoms with E-state index >= 15 is 0 Å². The fourth-order valence-electron chi connectivity index (χ4n) is 1.73. The Morgan fingerprint density at radius 3 is 2.53 bits per heavy atom. The van der Waals surface area contributed by atoms with Gasteiger partial charge in [0.1, 0.15) is 0 Å². The van der Waals surface area contributed by atoms with Crippen LogP contribution < -0.4 is 16.0 Å². The molecule has 1 fully saturated rings. The summed E-state index contributed by atoms with van der Waals surface area (Å²) >= 11 is 0.